The fourth-order valence-electron chi connectivity index (χ4n) is 1.19. The van der Waals surface area contributed by atoms with Gasteiger partial charge >= 0.3 is 0 Å². The van der Waals surface area contributed by atoms with Gasteiger partial charge in [-0.25, -0.2) is 0 Å². The Hall–Kier alpha value is -0.0400. The summed E-state index contributed by atoms with van der Waals surface area (Å²) >= 11 is 0. The van der Waals surface area contributed by atoms with Crippen molar-refractivity contribution in [3.63, 3.8) is 0 Å². The van der Waals surface area contributed by atoms with Crippen LogP contribution >= 0.6 is 0 Å². The molecule has 0 bridgehead atoms. The molecule has 1 fully saturated rings. The van der Waals surface area contributed by atoms with Gasteiger partial charge < -0.3 is 5.32 Å². The third-order valence-electron chi connectivity index (χ3n) is 1.79. The van der Waals surface area contributed by atoms with E-state index in [4.69, 9.17) is 0 Å². The topological polar surface area (TPSA) is 12.0 Å². The van der Waals surface area contributed by atoms with Crippen LogP contribution in [-0.4, -0.2) is 13.1 Å². The van der Waals surface area contributed by atoms with Crippen molar-refractivity contribution in [1.82, 2.24) is 5.32 Å². The van der Waals surface area contributed by atoms with Gasteiger partial charge in [0.1, 0.15) is 0 Å². The van der Waals surface area contributed by atoms with Crippen LogP contribution in [0.4, 0.5) is 0 Å². The van der Waals surface area contributed by atoms with Gasteiger partial charge in [0.05, 0.1) is 0 Å². The number of nitrogens with one attached hydrogen (secondary N) is 1. The van der Waals surface area contributed by atoms with Gasteiger partial charge in [0.15, 0.2) is 0 Å². The molecule has 1 aliphatic rings. The molecule has 0 spiro atoms. The molecule has 1 heterocycles. The minimum atomic E-state index is 0.914. The maximum atomic E-state index is 3.40. The van der Waals surface area contributed by atoms with Crippen LogP contribution in [0.2, 0.25) is 0 Å². The second kappa shape index (κ2) is 13.5. The van der Waals surface area contributed by atoms with Crippen molar-refractivity contribution in [2.45, 2.75) is 53.9 Å². The largest absolute Gasteiger partial charge is 0.316 e. The molecular weight excluding hydrogens is 146 g/mol. The van der Waals surface area contributed by atoms with E-state index in [-0.39, 0.29) is 0 Å². The number of hydrogen-bond donors (Lipinski definition) is 1. The minimum absolute atomic E-state index is 0.914. The second-order valence-corrected chi connectivity index (χ2v) is 2.81. The third-order valence-corrected chi connectivity index (χ3v) is 1.79. The van der Waals surface area contributed by atoms with E-state index in [0.29, 0.717) is 0 Å². The first-order chi connectivity index (χ1) is 5.89. The Morgan fingerprint density at radius 1 is 1.00 bits per heavy atom. The highest BCUT2D eigenvalue weighted by atomic mass is 14.9. The Kier molecular flexibility index (Phi) is 16.3. The van der Waals surface area contributed by atoms with Gasteiger partial charge in [-0.05, 0) is 31.8 Å². The Morgan fingerprint density at radius 3 is 2.17 bits per heavy atom. The molecule has 1 atom stereocenters. The summed E-state index contributed by atoms with van der Waals surface area (Å²) in [7, 11) is 0. The summed E-state index contributed by atoms with van der Waals surface area (Å²) in [5.74, 6) is 0.914. The molecule has 0 radical (unpaired) electrons. The fourth-order valence-corrected chi connectivity index (χ4v) is 1.19. The normalized spacial score (nSPS) is 22.2. The van der Waals surface area contributed by atoms with E-state index < -0.39 is 0 Å². The minimum Gasteiger partial charge on any atom is -0.316 e. The van der Waals surface area contributed by atoms with Crippen molar-refractivity contribution in [3.05, 3.63) is 0 Å². The Labute approximate surface area is 78.9 Å². The van der Waals surface area contributed by atoms with Gasteiger partial charge in [0.2, 0.25) is 0 Å². The third kappa shape index (κ3) is 9.96. The van der Waals surface area contributed by atoms with Gasteiger partial charge in [0, 0.05) is 0 Å². The first-order valence-corrected chi connectivity index (χ1v) is 5.60. The van der Waals surface area contributed by atoms with E-state index in [1.807, 2.05) is 27.7 Å². The van der Waals surface area contributed by atoms with Gasteiger partial charge in [-0.2, -0.15) is 0 Å². The molecule has 0 amide bonds. The molecule has 1 saturated heterocycles. The molecule has 0 aromatic heterocycles. The van der Waals surface area contributed by atoms with Crippen molar-refractivity contribution in [1.29, 1.82) is 0 Å². The van der Waals surface area contributed by atoms with E-state index in [1.54, 1.807) is 0 Å². The first kappa shape index (κ1) is 14.5. The first-order valence-electron chi connectivity index (χ1n) is 5.60. The Morgan fingerprint density at radius 2 is 1.58 bits per heavy atom. The van der Waals surface area contributed by atoms with Crippen LogP contribution in [0.1, 0.15) is 53.9 Å². The van der Waals surface area contributed by atoms with Gasteiger partial charge in [0.25, 0.3) is 0 Å². The van der Waals surface area contributed by atoms with Crippen LogP contribution in [0.15, 0.2) is 0 Å². The SMILES string of the molecule is CC.CC.CC1CCCCNC1. The van der Waals surface area contributed by atoms with Crippen molar-refractivity contribution >= 4 is 0 Å². The molecule has 0 saturated carbocycles. The maximum absolute atomic E-state index is 3.40. The zero-order valence-corrected chi connectivity index (χ0v) is 9.61. The molecule has 0 aromatic carbocycles. The lowest BCUT2D eigenvalue weighted by Crippen LogP contribution is -2.18. The second-order valence-electron chi connectivity index (χ2n) is 2.81. The quantitative estimate of drug-likeness (QED) is 0.591. The molecule has 1 aliphatic heterocycles. The van der Waals surface area contributed by atoms with Crippen molar-refractivity contribution in [2.24, 2.45) is 5.92 Å². The van der Waals surface area contributed by atoms with E-state index in [9.17, 15) is 0 Å². The molecule has 1 rings (SSSR count). The molecule has 1 unspecified atom stereocenters. The molecule has 0 aromatic rings. The van der Waals surface area contributed by atoms with Crippen LogP contribution in [0.25, 0.3) is 0 Å². The highest BCUT2D eigenvalue weighted by Crippen LogP contribution is 2.08. The fraction of sp³-hybridized carbons (Fsp3) is 1.00. The van der Waals surface area contributed by atoms with Gasteiger partial charge in [-0.1, -0.05) is 41.0 Å². The lowest BCUT2D eigenvalue weighted by Gasteiger charge is -2.03. The van der Waals surface area contributed by atoms with Crippen LogP contribution in [0.5, 0.6) is 0 Å². The van der Waals surface area contributed by atoms with E-state index in [1.165, 1.54) is 32.4 Å². The standard InChI is InChI=1S/C7H15N.2C2H6/c1-7-4-2-3-5-8-6-7;2*1-2/h7-8H,2-6H2,1H3;2*1-2H3. The highest BCUT2D eigenvalue weighted by molar-refractivity contribution is 4.62. The molecule has 1 nitrogen and oxygen atoms in total. The maximum Gasteiger partial charge on any atom is -0.00232 e. The Bertz CT molecular complexity index is 54.0. The summed E-state index contributed by atoms with van der Waals surface area (Å²) in [6.07, 6.45) is 4.23. The van der Waals surface area contributed by atoms with Crippen molar-refractivity contribution < 1.29 is 0 Å². The Balaban J connectivity index is 0. The van der Waals surface area contributed by atoms with E-state index in [2.05, 4.69) is 12.2 Å². The molecule has 76 valence electrons. The lowest BCUT2D eigenvalue weighted by atomic mass is 10.1. The molecular formula is C11H27N. The number of hydrogen-bond acceptors (Lipinski definition) is 1. The zero-order chi connectivity index (χ0) is 9.82. The van der Waals surface area contributed by atoms with E-state index in [0.717, 1.165) is 5.92 Å². The van der Waals surface area contributed by atoms with Crippen LogP contribution in [-0.2, 0) is 0 Å². The summed E-state index contributed by atoms with van der Waals surface area (Å²) in [5.41, 5.74) is 0. The molecule has 1 N–H and O–H groups in total. The van der Waals surface area contributed by atoms with E-state index >= 15 is 0 Å². The summed E-state index contributed by atoms with van der Waals surface area (Å²) in [6, 6.07) is 0. The molecule has 0 aliphatic carbocycles. The van der Waals surface area contributed by atoms with Crippen LogP contribution in [0.3, 0.4) is 0 Å². The van der Waals surface area contributed by atoms with Gasteiger partial charge in [-0.3, -0.25) is 0 Å². The molecule has 1 heteroatoms. The smallest absolute Gasteiger partial charge is 0.00232 e. The van der Waals surface area contributed by atoms with Crippen LogP contribution in [0, 0.1) is 5.92 Å². The lowest BCUT2D eigenvalue weighted by molar-refractivity contribution is 0.525. The number of rotatable bonds is 0. The summed E-state index contributed by atoms with van der Waals surface area (Å²) in [4.78, 5) is 0. The summed E-state index contributed by atoms with van der Waals surface area (Å²) in [5, 5.41) is 3.40. The zero-order valence-electron chi connectivity index (χ0n) is 9.61. The average molecular weight is 173 g/mol. The van der Waals surface area contributed by atoms with Crippen LogP contribution < -0.4 is 5.32 Å². The predicted octanol–water partition coefficient (Wildman–Crippen LogP) is 3.45. The van der Waals surface area contributed by atoms with Gasteiger partial charge in [-0.15, -0.1) is 0 Å². The summed E-state index contributed by atoms with van der Waals surface area (Å²) < 4.78 is 0. The molecule has 12 heavy (non-hydrogen) atoms. The van der Waals surface area contributed by atoms with Crippen molar-refractivity contribution in [3.8, 4) is 0 Å². The average Bonchev–Trinajstić information content (AvgIpc) is 2.40. The monoisotopic (exact) mass is 173 g/mol. The van der Waals surface area contributed by atoms with Crippen molar-refractivity contribution in [2.75, 3.05) is 13.1 Å². The summed E-state index contributed by atoms with van der Waals surface area (Å²) in [6.45, 7) is 12.8. The predicted molar refractivity (Wildman–Crippen MR) is 58.6 cm³/mol. The highest BCUT2D eigenvalue weighted by Gasteiger charge is 2.04.